The summed E-state index contributed by atoms with van der Waals surface area (Å²) in [4.78, 5) is 10.3. The largest absolute Gasteiger partial charge is 0.454 e. The summed E-state index contributed by atoms with van der Waals surface area (Å²) in [5.41, 5.74) is 5.15. The molecule has 0 saturated heterocycles. The van der Waals surface area contributed by atoms with E-state index in [-0.39, 0.29) is 23.1 Å². The van der Waals surface area contributed by atoms with Crippen molar-refractivity contribution < 1.29 is 22.8 Å². The van der Waals surface area contributed by atoms with Gasteiger partial charge in [0.15, 0.2) is 11.5 Å². The van der Waals surface area contributed by atoms with Crippen LogP contribution in [0.3, 0.4) is 0 Å². The molecule has 10 nitrogen and oxygen atoms in total. The molecule has 33 heavy (non-hydrogen) atoms. The summed E-state index contributed by atoms with van der Waals surface area (Å²) in [6.07, 6.45) is 1.47. The fourth-order valence-electron chi connectivity index (χ4n) is 3.24. The normalized spacial score (nSPS) is 12.7. The van der Waals surface area contributed by atoms with E-state index < -0.39 is 14.9 Å². The molecule has 0 amide bonds. The average molecular weight is 468 g/mol. The number of hydrazone groups is 1. The van der Waals surface area contributed by atoms with E-state index in [1.165, 1.54) is 18.3 Å². The molecule has 0 bridgehead atoms. The second kappa shape index (κ2) is 8.79. The first-order valence-electron chi connectivity index (χ1n) is 9.80. The number of benzene rings is 3. The van der Waals surface area contributed by atoms with Crippen LogP contribution in [-0.2, 0) is 10.0 Å². The number of nitrogens with one attached hydrogen (secondary N) is 2. The number of nitrogens with zero attached hydrogens (tertiary/aromatic N) is 2. The number of sulfonamides is 1. The molecule has 1 aliphatic rings. The lowest BCUT2D eigenvalue weighted by Gasteiger charge is -2.14. The van der Waals surface area contributed by atoms with Crippen molar-refractivity contribution in [3.63, 3.8) is 0 Å². The molecule has 11 heteroatoms. The van der Waals surface area contributed by atoms with Gasteiger partial charge in [0, 0.05) is 12.1 Å². The maximum absolute atomic E-state index is 13.1. The van der Waals surface area contributed by atoms with Crippen molar-refractivity contribution in [1.29, 1.82) is 0 Å². The molecule has 0 aromatic heterocycles. The highest BCUT2D eigenvalue weighted by atomic mass is 32.2. The molecule has 3 aromatic rings. The number of nitro benzene ring substituents is 1. The summed E-state index contributed by atoms with van der Waals surface area (Å²) in [5.74, 6) is 1.21. The summed E-state index contributed by atoms with van der Waals surface area (Å²) < 4.78 is 39.4. The zero-order valence-corrected chi connectivity index (χ0v) is 18.5. The number of fused-ring (bicyclic) bond motifs is 1. The Morgan fingerprint density at radius 1 is 1.00 bits per heavy atom. The standard InChI is InChI=1S/C22H20N4O6S/c1-14-3-6-18(15(2)9-14)25-33(29,30)22-11-17(26(27)28)5-7-19(22)24-23-12-16-4-8-20-21(10-16)32-13-31-20/h3-12,24-25H,13H2,1-2H3. The third-order valence-corrected chi connectivity index (χ3v) is 6.29. The predicted octanol–water partition coefficient (Wildman–Crippen LogP) is 4.19. The summed E-state index contributed by atoms with van der Waals surface area (Å²) in [6.45, 7) is 3.81. The van der Waals surface area contributed by atoms with Crippen molar-refractivity contribution in [3.05, 3.63) is 81.4 Å². The molecule has 2 N–H and O–H groups in total. The number of rotatable bonds is 7. The first kappa shape index (κ1) is 22.1. The highest BCUT2D eigenvalue weighted by Gasteiger charge is 2.23. The summed E-state index contributed by atoms with van der Waals surface area (Å²) in [5, 5.41) is 15.3. The van der Waals surface area contributed by atoms with Gasteiger partial charge in [-0.15, -0.1) is 0 Å². The van der Waals surface area contributed by atoms with Crippen LogP contribution in [0.2, 0.25) is 0 Å². The molecule has 0 aliphatic carbocycles. The topological polar surface area (TPSA) is 132 Å². The highest BCUT2D eigenvalue weighted by Crippen LogP contribution is 2.32. The number of ether oxygens (including phenoxy) is 2. The van der Waals surface area contributed by atoms with Crippen molar-refractivity contribution in [1.82, 2.24) is 0 Å². The number of hydrogen-bond donors (Lipinski definition) is 2. The summed E-state index contributed by atoms with van der Waals surface area (Å²) in [7, 11) is -4.17. The molecular weight excluding hydrogens is 448 g/mol. The smallest absolute Gasteiger partial charge is 0.270 e. The molecule has 3 aromatic carbocycles. The molecule has 4 rings (SSSR count). The number of anilines is 2. The zero-order chi connectivity index (χ0) is 23.6. The SMILES string of the molecule is Cc1ccc(NS(=O)(=O)c2cc([N+](=O)[O-])ccc2NN=Cc2ccc3c(c2)OCO3)c(C)c1. The Kier molecular flexibility index (Phi) is 5.88. The molecule has 0 fully saturated rings. The van der Waals surface area contributed by atoms with Gasteiger partial charge in [-0.05, 0) is 55.3 Å². The second-order valence-corrected chi connectivity index (χ2v) is 8.99. The van der Waals surface area contributed by atoms with Gasteiger partial charge in [-0.25, -0.2) is 8.42 Å². The second-order valence-electron chi connectivity index (χ2n) is 7.34. The van der Waals surface area contributed by atoms with Crippen LogP contribution >= 0.6 is 0 Å². The molecule has 1 aliphatic heterocycles. The lowest BCUT2D eigenvalue weighted by atomic mass is 10.1. The predicted molar refractivity (Wildman–Crippen MR) is 124 cm³/mol. The van der Waals surface area contributed by atoms with E-state index in [0.29, 0.717) is 22.7 Å². The monoisotopic (exact) mass is 468 g/mol. The van der Waals surface area contributed by atoms with Gasteiger partial charge in [-0.3, -0.25) is 20.3 Å². The minimum atomic E-state index is -4.17. The lowest BCUT2D eigenvalue weighted by Crippen LogP contribution is -2.16. The molecular formula is C22H20N4O6S. The van der Waals surface area contributed by atoms with Crippen molar-refractivity contribution in [2.45, 2.75) is 18.7 Å². The molecule has 0 radical (unpaired) electrons. The lowest BCUT2D eigenvalue weighted by molar-refractivity contribution is -0.385. The third-order valence-electron chi connectivity index (χ3n) is 4.89. The first-order chi connectivity index (χ1) is 15.7. The van der Waals surface area contributed by atoms with Crippen molar-refractivity contribution in [3.8, 4) is 11.5 Å². The first-order valence-corrected chi connectivity index (χ1v) is 11.3. The van der Waals surface area contributed by atoms with Gasteiger partial charge in [-0.2, -0.15) is 5.10 Å². The Labute approximate surface area is 190 Å². The van der Waals surface area contributed by atoms with E-state index in [1.807, 2.05) is 13.0 Å². The van der Waals surface area contributed by atoms with Crippen molar-refractivity contribution >= 4 is 33.3 Å². The number of aryl methyl sites for hydroxylation is 2. The highest BCUT2D eigenvalue weighted by molar-refractivity contribution is 7.92. The van der Waals surface area contributed by atoms with Gasteiger partial charge >= 0.3 is 0 Å². The van der Waals surface area contributed by atoms with E-state index in [9.17, 15) is 18.5 Å². The maximum Gasteiger partial charge on any atom is 0.270 e. The van der Waals surface area contributed by atoms with Crippen LogP contribution in [0, 0.1) is 24.0 Å². The van der Waals surface area contributed by atoms with Crippen LogP contribution in [0.15, 0.2) is 64.6 Å². The van der Waals surface area contributed by atoms with Gasteiger partial charge in [0.05, 0.1) is 22.5 Å². The third kappa shape index (κ3) is 4.88. The van der Waals surface area contributed by atoms with E-state index >= 15 is 0 Å². The molecule has 0 saturated carbocycles. The van der Waals surface area contributed by atoms with Gasteiger partial charge in [-0.1, -0.05) is 17.7 Å². The number of non-ortho nitro benzene ring substituents is 1. The fourth-order valence-corrected chi connectivity index (χ4v) is 4.54. The minimum absolute atomic E-state index is 0.0786. The quantitative estimate of drug-likeness (QED) is 0.302. The number of hydrogen-bond acceptors (Lipinski definition) is 8. The van der Waals surface area contributed by atoms with Crippen LogP contribution in [0.4, 0.5) is 17.1 Å². The van der Waals surface area contributed by atoms with Crippen LogP contribution in [0.1, 0.15) is 16.7 Å². The molecule has 1 heterocycles. The van der Waals surface area contributed by atoms with Crippen molar-refractivity contribution in [2.75, 3.05) is 16.9 Å². The van der Waals surface area contributed by atoms with Crippen LogP contribution in [-0.4, -0.2) is 26.3 Å². The Bertz CT molecular complexity index is 1370. The zero-order valence-electron chi connectivity index (χ0n) is 17.7. The van der Waals surface area contributed by atoms with E-state index in [4.69, 9.17) is 9.47 Å². The summed E-state index contributed by atoms with van der Waals surface area (Å²) >= 11 is 0. The molecule has 0 atom stereocenters. The van der Waals surface area contributed by atoms with Crippen LogP contribution in [0.25, 0.3) is 0 Å². The van der Waals surface area contributed by atoms with E-state index in [2.05, 4.69) is 15.2 Å². The Morgan fingerprint density at radius 2 is 1.76 bits per heavy atom. The Balaban J connectivity index is 1.63. The van der Waals surface area contributed by atoms with E-state index in [0.717, 1.165) is 17.2 Å². The Hall–Kier alpha value is -4.12. The molecule has 0 spiro atoms. The number of nitro groups is 1. The van der Waals surface area contributed by atoms with Gasteiger partial charge in [0.2, 0.25) is 6.79 Å². The molecule has 170 valence electrons. The minimum Gasteiger partial charge on any atom is -0.454 e. The van der Waals surface area contributed by atoms with Crippen molar-refractivity contribution in [2.24, 2.45) is 5.10 Å². The van der Waals surface area contributed by atoms with Gasteiger partial charge in [0.1, 0.15) is 4.90 Å². The van der Waals surface area contributed by atoms with Crippen LogP contribution < -0.4 is 19.6 Å². The molecule has 0 unspecified atom stereocenters. The van der Waals surface area contributed by atoms with Gasteiger partial charge < -0.3 is 9.47 Å². The maximum atomic E-state index is 13.1. The van der Waals surface area contributed by atoms with E-state index in [1.54, 1.807) is 37.3 Å². The Morgan fingerprint density at radius 3 is 2.52 bits per heavy atom. The fraction of sp³-hybridized carbons (Fsp3) is 0.136. The average Bonchev–Trinajstić information content (AvgIpc) is 3.23. The van der Waals surface area contributed by atoms with Crippen LogP contribution in [0.5, 0.6) is 11.5 Å². The summed E-state index contributed by atoms with van der Waals surface area (Å²) in [6, 6.07) is 14.0. The van der Waals surface area contributed by atoms with Gasteiger partial charge in [0.25, 0.3) is 15.7 Å².